The van der Waals surface area contributed by atoms with E-state index in [4.69, 9.17) is 11.5 Å². The summed E-state index contributed by atoms with van der Waals surface area (Å²) in [4.78, 5) is 19.8. The van der Waals surface area contributed by atoms with E-state index in [1.54, 1.807) is 0 Å². The van der Waals surface area contributed by atoms with E-state index in [0.717, 1.165) is 17.5 Å². The van der Waals surface area contributed by atoms with E-state index in [1.165, 1.54) is 11.8 Å². The first-order chi connectivity index (χ1) is 11.1. The Bertz CT molecular complexity index is 847. The number of hydrogen-bond acceptors (Lipinski definition) is 4. The van der Waals surface area contributed by atoms with Gasteiger partial charge in [-0.15, -0.1) is 0 Å². The Morgan fingerprint density at radius 1 is 1.00 bits per heavy atom. The highest BCUT2D eigenvalue weighted by atomic mass is 16.1. The fourth-order valence-corrected chi connectivity index (χ4v) is 2.50. The molecule has 0 fully saturated rings. The summed E-state index contributed by atoms with van der Waals surface area (Å²) in [6.07, 6.45) is 2.10. The van der Waals surface area contributed by atoms with Gasteiger partial charge in [0.15, 0.2) is 0 Å². The minimum atomic E-state index is -0.575. The van der Waals surface area contributed by atoms with E-state index < -0.39 is 5.91 Å². The van der Waals surface area contributed by atoms with Crippen molar-refractivity contribution >= 4 is 11.9 Å². The molecule has 23 heavy (non-hydrogen) atoms. The van der Waals surface area contributed by atoms with Crippen molar-refractivity contribution in [1.29, 1.82) is 0 Å². The van der Waals surface area contributed by atoms with Crippen LogP contribution in [0.15, 0.2) is 60.8 Å². The Hall–Kier alpha value is -3.21. The summed E-state index contributed by atoms with van der Waals surface area (Å²) in [5.41, 5.74) is 14.9. The number of nitrogen functional groups attached to an aromatic ring is 1. The molecule has 0 aliphatic rings. The first kappa shape index (κ1) is 14.7. The lowest BCUT2D eigenvalue weighted by molar-refractivity contribution is 0.100. The van der Waals surface area contributed by atoms with Crippen LogP contribution >= 0.6 is 0 Å². The van der Waals surface area contributed by atoms with Gasteiger partial charge in [-0.05, 0) is 17.5 Å². The van der Waals surface area contributed by atoms with Gasteiger partial charge in [-0.25, -0.2) is 9.97 Å². The predicted molar refractivity (Wildman–Crippen MR) is 89.6 cm³/mol. The molecule has 2 aromatic carbocycles. The molecule has 5 heteroatoms. The number of hydrogen-bond donors (Lipinski definition) is 2. The van der Waals surface area contributed by atoms with E-state index in [9.17, 15) is 4.79 Å². The third kappa shape index (κ3) is 3.18. The molecule has 114 valence electrons. The normalized spacial score (nSPS) is 10.4. The van der Waals surface area contributed by atoms with Crippen LogP contribution in [-0.2, 0) is 6.42 Å². The summed E-state index contributed by atoms with van der Waals surface area (Å²) >= 11 is 0. The molecule has 3 aromatic rings. The summed E-state index contributed by atoms with van der Waals surface area (Å²) < 4.78 is 0. The molecule has 0 saturated heterocycles. The fourth-order valence-electron chi connectivity index (χ4n) is 2.50. The molecule has 3 rings (SSSR count). The second-order valence-corrected chi connectivity index (χ2v) is 5.17. The van der Waals surface area contributed by atoms with Gasteiger partial charge >= 0.3 is 0 Å². The Morgan fingerprint density at radius 2 is 1.70 bits per heavy atom. The van der Waals surface area contributed by atoms with Gasteiger partial charge in [0, 0.05) is 11.8 Å². The molecule has 0 saturated carbocycles. The van der Waals surface area contributed by atoms with Gasteiger partial charge in [-0.3, -0.25) is 4.79 Å². The molecule has 4 N–H and O–H groups in total. The SMILES string of the molecule is NC(=O)c1cnc(N)nc1-c1ccccc1Cc1ccccc1. The van der Waals surface area contributed by atoms with Crippen molar-refractivity contribution in [3.63, 3.8) is 0 Å². The Morgan fingerprint density at radius 3 is 2.43 bits per heavy atom. The van der Waals surface area contributed by atoms with E-state index >= 15 is 0 Å². The number of nitrogens with two attached hydrogens (primary N) is 2. The summed E-state index contributed by atoms with van der Waals surface area (Å²) in [6, 6.07) is 17.8. The number of rotatable bonds is 4. The van der Waals surface area contributed by atoms with Crippen molar-refractivity contribution in [2.45, 2.75) is 6.42 Å². The average molecular weight is 304 g/mol. The number of aromatic nitrogens is 2. The summed E-state index contributed by atoms with van der Waals surface area (Å²) in [6.45, 7) is 0. The molecule has 0 radical (unpaired) electrons. The minimum absolute atomic E-state index is 0.111. The largest absolute Gasteiger partial charge is 0.368 e. The molecule has 5 nitrogen and oxygen atoms in total. The highest BCUT2D eigenvalue weighted by Gasteiger charge is 2.16. The van der Waals surface area contributed by atoms with E-state index in [2.05, 4.69) is 22.1 Å². The lowest BCUT2D eigenvalue weighted by Gasteiger charge is -2.12. The highest BCUT2D eigenvalue weighted by molar-refractivity contribution is 5.99. The Labute approximate surface area is 134 Å². The standard InChI is InChI=1S/C18H16N4O/c19-17(23)15-11-21-18(20)22-16(15)14-9-5-4-8-13(14)10-12-6-2-1-3-7-12/h1-9,11H,10H2,(H2,19,23)(H2,20,21,22). The van der Waals surface area contributed by atoms with Gasteiger partial charge in [-0.2, -0.15) is 0 Å². The maximum Gasteiger partial charge on any atom is 0.252 e. The van der Waals surface area contributed by atoms with Crippen molar-refractivity contribution in [3.05, 3.63) is 77.5 Å². The van der Waals surface area contributed by atoms with Crippen LogP contribution in [0.2, 0.25) is 0 Å². The second-order valence-electron chi connectivity index (χ2n) is 5.17. The zero-order valence-electron chi connectivity index (χ0n) is 12.4. The van der Waals surface area contributed by atoms with Crippen LogP contribution in [0.25, 0.3) is 11.3 Å². The number of amides is 1. The molecule has 0 atom stereocenters. The van der Waals surface area contributed by atoms with Crippen molar-refractivity contribution < 1.29 is 4.79 Å². The van der Waals surface area contributed by atoms with E-state index in [-0.39, 0.29) is 11.5 Å². The third-order valence-electron chi connectivity index (χ3n) is 3.58. The number of anilines is 1. The van der Waals surface area contributed by atoms with Crippen LogP contribution in [0, 0.1) is 0 Å². The monoisotopic (exact) mass is 304 g/mol. The quantitative estimate of drug-likeness (QED) is 0.773. The lowest BCUT2D eigenvalue weighted by Crippen LogP contribution is -2.15. The number of carbonyl (C=O) groups excluding carboxylic acids is 1. The van der Waals surface area contributed by atoms with Crippen LogP contribution < -0.4 is 11.5 Å². The fraction of sp³-hybridized carbons (Fsp3) is 0.0556. The molecule has 0 unspecified atom stereocenters. The average Bonchev–Trinajstić information content (AvgIpc) is 2.56. The van der Waals surface area contributed by atoms with Crippen LogP contribution in [-0.4, -0.2) is 15.9 Å². The van der Waals surface area contributed by atoms with Crippen molar-refractivity contribution in [2.24, 2.45) is 5.73 Å². The number of carbonyl (C=O) groups is 1. The molecular weight excluding hydrogens is 288 g/mol. The van der Waals surface area contributed by atoms with Gasteiger partial charge in [0.25, 0.3) is 5.91 Å². The zero-order valence-corrected chi connectivity index (χ0v) is 12.4. The Balaban J connectivity index is 2.11. The van der Waals surface area contributed by atoms with Gasteiger partial charge in [0.2, 0.25) is 5.95 Å². The van der Waals surface area contributed by atoms with Gasteiger partial charge in [0.05, 0.1) is 11.3 Å². The highest BCUT2D eigenvalue weighted by Crippen LogP contribution is 2.27. The first-order valence-electron chi connectivity index (χ1n) is 7.19. The predicted octanol–water partition coefficient (Wildman–Crippen LogP) is 2.42. The molecule has 1 amide bonds. The lowest BCUT2D eigenvalue weighted by atomic mass is 9.96. The first-order valence-corrected chi connectivity index (χ1v) is 7.19. The maximum atomic E-state index is 11.7. The maximum absolute atomic E-state index is 11.7. The van der Waals surface area contributed by atoms with Crippen LogP contribution in [0.1, 0.15) is 21.5 Å². The summed E-state index contributed by atoms with van der Waals surface area (Å²) in [5, 5.41) is 0. The van der Waals surface area contributed by atoms with E-state index in [1.807, 2.05) is 42.5 Å². The zero-order chi connectivity index (χ0) is 16.2. The number of nitrogens with zero attached hydrogens (tertiary/aromatic N) is 2. The van der Waals surface area contributed by atoms with Crippen molar-refractivity contribution in [1.82, 2.24) is 9.97 Å². The van der Waals surface area contributed by atoms with Gasteiger partial charge in [0.1, 0.15) is 0 Å². The van der Waals surface area contributed by atoms with Crippen LogP contribution in [0.4, 0.5) is 5.95 Å². The molecule has 0 spiro atoms. The van der Waals surface area contributed by atoms with Gasteiger partial charge < -0.3 is 11.5 Å². The smallest absolute Gasteiger partial charge is 0.252 e. The molecule has 1 heterocycles. The second kappa shape index (κ2) is 6.27. The van der Waals surface area contributed by atoms with Gasteiger partial charge in [-0.1, -0.05) is 54.6 Å². The minimum Gasteiger partial charge on any atom is -0.368 e. The molecule has 0 aliphatic heterocycles. The molecule has 0 bridgehead atoms. The topological polar surface area (TPSA) is 94.9 Å². The van der Waals surface area contributed by atoms with Crippen molar-refractivity contribution in [3.8, 4) is 11.3 Å². The molecular formula is C18H16N4O. The van der Waals surface area contributed by atoms with Crippen LogP contribution in [0.3, 0.4) is 0 Å². The summed E-state index contributed by atoms with van der Waals surface area (Å²) in [5.74, 6) is -0.464. The Kier molecular flexibility index (Phi) is 4.01. The number of primary amides is 1. The van der Waals surface area contributed by atoms with Crippen molar-refractivity contribution in [2.75, 3.05) is 5.73 Å². The number of benzene rings is 2. The molecule has 0 aliphatic carbocycles. The van der Waals surface area contributed by atoms with Crippen LogP contribution in [0.5, 0.6) is 0 Å². The summed E-state index contributed by atoms with van der Waals surface area (Å²) in [7, 11) is 0. The molecule has 1 aromatic heterocycles. The third-order valence-corrected chi connectivity index (χ3v) is 3.58. The van der Waals surface area contributed by atoms with E-state index in [0.29, 0.717) is 5.69 Å².